The van der Waals surface area contributed by atoms with Gasteiger partial charge in [-0.15, -0.1) is 0 Å². The lowest BCUT2D eigenvalue weighted by Crippen LogP contribution is -1.87. The van der Waals surface area contributed by atoms with Crippen LogP contribution < -0.4 is 0 Å². The molecule has 0 spiro atoms. The molecular formula is C25H52S. The Labute approximate surface area is 172 Å². The largest absolute Gasteiger partial charge is 0.162 e. The highest BCUT2D eigenvalue weighted by Crippen LogP contribution is 2.15. The average Bonchev–Trinajstić information content (AvgIpc) is 2.66. The molecular weight excluding hydrogens is 332 g/mol. The summed E-state index contributed by atoms with van der Waals surface area (Å²) < 4.78 is 0. The van der Waals surface area contributed by atoms with Crippen LogP contribution in [-0.2, 0) is 0 Å². The first-order valence-electron chi connectivity index (χ1n) is 12.5. The predicted molar refractivity (Wildman–Crippen MR) is 126 cm³/mol. The Morgan fingerprint density at radius 3 is 0.808 bits per heavy atom. The fourth-order valence-electron chi connectivity index (χ4n) is 3.66. The van der Waals surface area contributed by atoms with Gasteiger partial charge in [0.1, 0.15) is 0 Å². The lowest BCUT2D eigenvalue weighted by molar-refractivity contribution is 0.538. The third-order valence-electron chi connectivity index (χ3n) is 5.53. The van der Waals surface area contributed by atoms with Crippen molar-refractivity contribution in [3.63, 3.8) is 0 Å². The van der Waals surface area contributed by atoms with E-state index in [0.717, 1.165) is 0 Å². The summed E-state index contributed by atoms with van der Waals surface area (Å²) in [5.74, 6) is 2.82. The molecule has 0 saturated heterocycles. The van der Waals surface area contributed by atoms with Gasteiger partial charge in [-0.25, -0.2) is 0 Å². The zero-order valence-electron chi connectivity index (χ0n) is 18.7. The van der Waals surface area contributed by atoms with Gasteiger partial charge < -0.3 is 0 Å². The molecule has 0 aromatic rings. The minimum Gasteiger partial charge on any atom is -0.162 e. The molecule has 0 nitrogen and oxygen atoms in total. The summed E-state index contributed by atoms with van der Waals surface area (Å²) in [5, 5.41) is 0. The Balaban J connectivity index is 2.95. The number of unbranched alkanes of at least 4 members (excludes halogenated alkanes) is 19. The van der Waals surface area contributed by atoms with Crippen molar-refractivity contribution in [3.05, 3.63) is 0 Å². The molecule has 0 aliphatic heterocycles. The molecule has 0 heterocycles. The van der Waals surface area contributed by atoms with E-state index in [1.807, 2.05) is 0 Å². The molecule has 0 N–H and O–H groups in total. The third kappa shape index (κ3) is 24.4. The lowest BCUT2D eigenvalue weighted by atomic mass is 10.0. The molecule has 0 aliphatic rings. The highest BCUT2D eigenvalue weighted by molar-refractivity contribution is 7.99. The number of hydrogen-bond acceptors (Lipinski definition) is 1. The number of rotatable bonds is 23. The summed E-state index contributed by atoms with van der Waals surface area (Å²) in [7, 11) is 0. The fraction of sp³-hybridized carbons (Fsp3) is 1.00. The molecule has 0 atom stereocenters. The van der Waals surface area contributed by atoms with Crippen LogP contribution in [0.15, 0.2) is 0 Å². The van der Waals surface area contributed by atoms with Gasteiger partial charge in [0.05, 0.1) is 0 Å². The van der Waals surface area contributed by atoms with E-state index in [-0.39, 0.29) is 0 Å². The molecule has 158 valence electrons. The van der Waals surface area contributed by atoms with Crippen LogP contribution in [0.25, 0.3) is 0 Å². The smallest absolute Gasteiger partial charge is 0.00675 e. The minimum atomic E-state index is 1.37. The summed E-state index contributed by atoms with van der Waals surface area (Å²) >= 11 is 2.21. The molecule has 0 aromatic carbocycles. The molecule has 0 bridgehead atoms. The second-order valence-corrected chi connectivity index (χ2v) is 9.55. The average molecular weight is 385 g/mol. The fourth-order valence-corrected chi connectivity index (χ4v) is 4.68. The van der Waals surface area contributed by atoms with Gasteiger partial charge in [0.2, 0.25) is 0 Å². The van der Waals surface area contributed by atoms with Gasteiger partial charge in [-0.2, -0.15) is 11.8 Å². The number of thioether (sulfide) groups is 1. The Morgan fingerprint density at radius 2 is 0.538 bits per heavy atom. The van der Waals surface area contributed by atoms with E-state index in [0.29, 0.717) is 0 Å². The van der Waals surface area contributed by atoms with E-state index in [4.69, 9.17) is 0 Å². The standard InChI is InChI=1S/C25H52S/c1-3-5-7-9-11-12-13-14-15-16-17-19-21-23-25-26-24-22-20-18-10-8-6-4-2/h3-25H2,1-2H3. The molecule has 0 radical (unpaired) electrons. The first kappa shape index (κ1) is 26.4. The summed E-state index contributed by atoms with van der Waals surface area (Å²) in [4.78, 5) is 0. The Kier molecular flexibility index (Phi) is 25.7. The van der Waals surface area contributed by atoms with E-state index in [2.05, 4.69) is 25.6 Å². The summed E-state index contributed by atoms with van der Waals surface area (Å²) in [5.41, 5.74) is 0. The van der Waals surface area contributed by atoms with Crippen LogP contribution in [0.2, 0.25) is 0 Å². The maximum absolute atomic E-state index is 2.30. The van der Waals surface area contributed by atoms with Crippen LogP contribution in [0, 0.1) is 0 Å². The minimum absolute atomic E-state index is 1.37. The second-order valence-electron chi connectivity index (χ2n) is 8.33. The van der Waals surface area contributed by atoms with Crippen molar-refractivity contribution < 1.29 is 0 Å². The van der Waals surface area contributed by atoms with Crippen molar-refractivity contribution in [1.29, 1.82) is 0 Å². The van der Waals surface area contributed by atoms with E-state index >= 15 is 0 Å². The van der Waals surface area contributed by atoms with Gasteiger partial charge in [-0.3, -0.25) is 0 Å². The Hall–Kier alpha value is 0.350. The normalized spacial score (nSPS) is 11.3. The van der Waals surface area contributed by atoms with Gasteiger partial charge in [0.15, 0.2) is 0 Å². The third-order valence-corrected chi connectivity index (χ3v) is 6.69. The van der Waals surface area contributed by atoms with Gasteiger partial charge in [-0.05, 0) is 24.3 Å². The van der Waals surface area contributed by atoms with E-state index in [1.165, 1.54) is 146 Å². The van der Waals surface area contributed by atoms with Crippen LogP contribution in [0.4, 0.5) is 0 Å². The van der Waals surface area contributed by atoms with E-state index in [9.17, 15) is 0 Å². The van der Waals surface area contributed by atoms with Crippen LogP contribution in [0.5, 0.6) is 0 Å². The van der Waals surface area contributed by atoms with Crippen LogP contribution >= 0.6 is 11.8 Å². The van der Waals surface area contributed by atoms with Crippen molar-refractivity contribution >= 4 is 11.8 Å². The van der Waals surface area contributed by atoms with Crippen molar-refractivity contribution in [2.24, 2.45) is 0 Å². The summed E-state index contributed by atoms with van der Waals surface area (Å²) in [6.07, 6.45) is 30.7. The number of hydrogen-bond donors (Lipinski definition) is 0. The molecule has 0 saturated carbocycles. The topological polar surface area (TPSA) is 0 Å². The zero-order chi connectivity index (χ0) is 19.0. The van der Waals surface area contributed by atoms with Crippen molar-refractivity contribution in [2.75, 3.05) is 11.5 Å². The van der Waals surface area contributed by atoms with Gasteiger partial charge >= 0.3 is 0 Å². The zero-order valence-corrected chi connectivity index (χ0v) is 19.5. The molecule has 1 heteroatoms. The molecule has 0 aliphatic carbocycles. The van der Waals surface area contributed by atoms with Gasteiger partial charge in [0, 0.05) is 0 Å². The maximum Gasteiger partial charge on any atom is -0.00675 e. The lowest BCUT2D eigenvalue weighted by Gasteiger charge is -2.04. The molecule has 0 aromatic heterocycles. The van der Waals surface area contributed by atoms with Gasteiger partial charge in [-0.1, -0.05) is 136 Å². The van der Waals surface area contributed by atoms with E-state index in [1.54, 1.807) is 0 Å². The quantitative estimate of drug-likeness (QED) is 0.158. The molecule has 0 amide bonds. The molecule has 0 unspecified atom stereocenters. The van der Waals surface area contributed by atoms with Crippen LogP contribution in [0.3, 0.4) is 0 Å². The van der Waals surface area contributed by atoms with Gasteiger partial charge in [0.25, 0.3) is 0 Å². The Bertz CT molecular complexity index is 202. The van der Waals surface area contributed by atoms with Crippen molar-refractivity contribution in [1.82, 2.24) is 0 Å². The maximum atomic E-state index is 2.30. The SMILES string of the molecule is CCCCCCCCCCCCCCCCSCCCCCCCCC. The van der Waals surface area contributed by atoms with Crippen molar-refractivity contribution in [3.8, 4) is 0 Å². The van der Waals surface area contributed by atoms with Crippen LogP contribution in [-0.4, -0.2) is 11.5 Å². The second kappa shape index (κ2) is 25.4. The summed E-state index contributed by atoms with van der Waals surface area (Å²) in [6, 6.07) is 0. The Morgan fingerprint density at radius 1 is 0.308 bits per heavy atom. The summed E-state index contributed by atoms with van der Waals surface area (Å²) in [6.45, 7) is 4.60. The molecule has 0 fully saturated rings. The van der Waals surface area contributed by atoms with Crippen molar-refractivity contribution in [2.45, 2.75) is 149 Å². The highest BCUT2D eigenvalue weighted by atomic mass is 32.2. The van der Waals surface area contributed by atoms with E-state index < -0.39 is 0 Å². The highest BCUT2D eigenvalue weighted by Gasteiger charge is 1.95. The van der Waals surface area contributed by atoms with Crippen LogP contribution in [0.1, 0.15) is 149 Å². The first-order valence-corrected chi connectivity index (χ1v) is 13.6. The molecule has 0 rings (SSSR count). The molecule has 26 heavy (non-hydrogen) atoms. The monoisotopic (exact) mass is 384 g/mol. The predicted octanol–water partition coefficient (Wildman–Crippen LogP) is 9.95. The first-order chi connectivity index (χ1) is 12.9.